The van der Waals surface area contributed by atoms with E-state index in [4.69, 9.17) is 0 Å². The minimum Gasteiger partial charge on any atom is -0.312 e. The Hall–Kier alpha value is -3.61. The number of aryl methyl sites for hydroxylation is 1. The van der Waals surface area contributed by atoms with E-state index in [-0.39, 0.29) is 27.9 Å². The Morgan fingerprint density at radius 3 is 2.06 bits per heavy atom. The van der Waals surface area contributed by atoms with Gasteiger partial charge in [-0.25, -0.2) is 12.8 Å². The second-order valence-electron chi connectivity index (χ2n) is 7.83. The molecule has 0 aliphatic heterocycles. The van der Waals surface area contributed by atoms with Crippen molar-refractivity contribution in [1.82, 2.24) is 9.13 Å². The summed E-state index contributed by atoms with van der Waals surface area (Å²) < 4.78 is 126. The van der Waals surface area contributed by atoms with Crippen LogP contribution in [-0.4, -0.2) is 17.6 Å². The molecule has 0 atom stereocenters. The van der Waals surface area contributed by atoms with Gasteiger partial charge >= 0.3 is 12.4 Å². The van der Waals surface area contributed by atoms with Crippen LogP contribution in [0.3, 0.4) is 0 Å². The molecular formula is C23H16F7N3O2S. The third-order valence-corrected chi connectivity index (χ3v) is 6.47. The van der Waals surface area contributed by atoms with E-state index in [1.165, 1.54) is 31.3 Å². The molecule has 190 valence electrons. The van der Waals surface area contributed by atoms with E-state index < -0.39 is 45.1 Å². The van der Waals surface area contributed by atoms with Crippen LogP contribution in [0.15, 0.2) is 71.1 Å². The number of hydrogen-bond acceptors (Lipinski definition) is 2. The van der Waals surface area contributed by atoms with Gasteiger partial charge in [0.25, 0.3) is 10.0 Å². The number of imidazole rings is 1. The molecule has 13 heteroatoms. The van der Waals surface area contributed by atoms with Crippen LogP contribution >= 0.6 is 0 Å². The molecule has 0 N–H and O–H groups in total. The molecule has 4 aromatic rings. The third kappa shape index (κ3) is 4.87. The maximum absolute atomic E-state index is 13.9. The van der Waals surface area contributed by atoms with Crippen LogP contribution in [0.1, 0.15) is 16.7 Å². The van der Waals surface area contributed by atoms with E-state index in [0.717, 1.165) is 21.3 Å². The Morgan fingerprint density at radius 2 is 1.47 bits per heavy atom. The van der Waals surface area contributed by atoms with Gasteiger partial charge in [-0.2, -0.15) is 26.3 Å². The van der Waals surface area contributed by atoms with Gasteiger partial charge in [0.15, 0.2) is 0 Å². The molecule has 3 aromatic carbocycles. The molecule has 0 fully saturated rings. The molecule has 0 amide bonds. The quantitative estimate of drug-likeness (QED) is 0.323. The highest BCUT2D eigenvalue weighted by molar-refractivity contribution is 7.89. The Labute approximate surface area is 199 Å². The standard InChI is InChI=1S/C23H16F7N3O2S/c1-32-19-9-5-8-17(23(28,29)30)20(19)33(15-6-3-2-4-7-15)21(32)31-36(34,35)13-14-10-11-16(18(24)12-14)22(25,26)27/h2-12H,13H2,1H3/b31-21-. The zero-order valence-electron chi connectivity index (χ0n) is 18.3. The fourth-order valence-corrected chi connectivity index (χ4v) is 4.91. The van der Waals surface area contributed by atoms with E-state index in [1.54, 1.807) is 18.2 Å². The van der Waals surface area contributed by atoms with Crippen LogP contribution in [0.2, 0.25) is 0 Å². The predicted molar refractivity (Wildman–Crippen MR) is 117 cm³/mol. The summed E-state index contributed by atoms with van der Waals surface area (Å²) in [5.41, 5.74) is -3.41. The summed E-state index contributed by atoms with van der Waals surface area (Å²) in [6, 6.07) is 12.7. The Bertz CT molecular complexity index is 1620. The van der Waals surface area contributed by atoms with Gasteiger partial charge in [0.1, 0.15) is 5.82 Å². The highest BCUT2D eigenvalue weighted by atomic mass is 32.2. The number of nitrogens with zero attached hydrogens (tertiary/aromatic N) is 3. The summed E-state index contributed by atoms with van der Waals surface area (Å²) in [4.78, 5) is 0. The third-order valence-electron chi connectivity index (χ3n) is 5.33. The average Bonchev–Trinajstić information content (AvgIpc) is 3.03. The van der Waals surface area contributed by atoms with Gasteiger partial charge in [-0.05, 0) is 42.0 Å². The Balaban J connectivity index is 1.94. The lowest BCUT2D eigenvalue weighted by molar-refractivity contribution is -0.140. The smallest absolute Gasteiger partial charge is 0.312 e. The van der Waals surface area contributed by atoms with Crippen LogP contribution in [0.5, 0.6) is 0 Å². The number of halogens is 7. The van der Waals surface area contributed by atoms with Gasteiger partial charge in [0.2, 0.25) is 5.62 Å². The summed E-state index contributed by atoms with van der Waals surface area (Å²) in [7, 11) is -3.22. The van der Waals surface area contributed by atoms with Crippen molar-refractivity contribution >= 4 is 21.1 Å². The van der Waals surface area contributed by atoms with Crippen molar-refractivity contribution in [1.29, 1.82) is 0 Å². The van der Waals surface area contributed by atoms with E-state index in [9.17, 15) is 39.2 Å². The van der Waals surface area contributed by atoms with Crippen molar-refractivity contribution in [3.63, 3.8) is 0 Å². The summed E-state index contributed by atoms with van der Waals surface area (Å²) in [5.74, 6) is -2.64. The van der Waals surface area contributed by atoms with E-state index in [0.29, 0.717) is 12.1 Å². The molecule has 1 aromatic heterocycles. The van der Waals surface area contributed by atoms with E-state index in [2.05, 4.69) is 4.40 Å². The number of sulfonamides is 1. The summed E-state index contributed by atoms with van der Waals surface area (Å²) in [6.45, 7) is 0. The van der Waals surface area contributed by atoms with Crippen LogP contribution in [0.4, 0.5) is 30.7 Å². The normalized spacial score (nSPS) is 13.5. The van der Waals surface area contributed by atoms with Crippen LogP contribution in [0.25, 0.3) is 16.7 Å². The lowest BCUT2D eigenvalue weighted by atomic mass is 10.1. The molecule has 0 bridgehead atoms. The first kappa shape index (κ1) is 25.5. The number of para-hydroxylation sites is 2. The van der Waals surface area contributed by atoms with Crippen LogP contribution in [0, 0.1) is 5.82 Å². The number of alkyl halides is 6. The van der Waals surface area contributed by atoms with Crippen LogP contribution < -0.4 is 5.62 Å². The molecule has 4 rings (SSSR count). The molecule has 0 aliphatic carbocycles. The molecule has 0 radical (unpaired) electrons. The molecule has 0 saturated heterocycles. The molecule has 1 heterocycles. The lowest BCUT2D eigenvalue weighted by Crippen LogP contribution is -2.25. The Kier molecular flexibility index (Phi) is 6.23. The Morgan fingerprint density at radius 1 is 0.833 bits per heavy atom. The van der Waals surface area contributed by atoms with Crippen molar-refractivity contribution in [2.75, 3.05) is 0 Å². The molecular weight excluding hydrogens is 515 g/mol. The fraction of sp³-hybridized carbons (Fsp3) is 0.174. The highest BCUT2D eigenvalue weighted by Gasteiger charge is 2.36. The second-order valence-corrected chi connectivity index (χ2v) is 9.47. The molecule has 5 nitrogen and oxygen atoms in total. The largest absolute Gasteiger partial charge is 0.419 e. The van der Waals surface area contributed by atoms with Crippen molar-refractivity contribution in [3.8, 4) is 5.69 Å². The number of hydrogen-bond donors (Lipinski definition) is 0. The minimum absolute atomic E-state index is 0.0307. The summed E-state index contributed by atoms with van der Waals surface area (Å²) in [5, 5.41) is 0. The predicted octanol–water partition coefficient (Wildman–Crippen LogP) is 5.58. The monoisotopic (exact) mass is 531 g/mol. The van der Waals surface area contributed by atoms with Crippen molar-refractivity contribution < 1.29 is 39.2 Å². The SMILES string of the molecule is Cn1/c(=N/S(=O)(=O)Cc2ccc(C(F)(F)F)c(F)c2)n(-c2ccccc2)c2c(C(F)(F)F)cccc21. The van der Waals surface area contributed by atoms with Crippen molar-refractivity contribution in [2.45, 2.75) is 18.1 Å². The second kappa shape index (κ2) is 8.80. The molecule has 0 spiro atoms. The number of benzene rings is 3. The highest BCUT2D eigenvalue weighted by Crippen LogP contribution is 2.35. The zero-order valence-corrected chi connectivity index (χ0v) is 19.1. The maximum Gasteiger partial charge on any atom is 0.419 e. The number of rotatable bonds is 4. The van der Waals surface area contributed by atoms with Gasteiger partial charge in [-0.1, -0.05) is 30.3 Å². The maximum atomic E-state index is 13.9. The molecule has 0 unspecified atom stereocenters. The lowest BCUT2D eigenvalue weighted by Gasteiger charge is -2.11. The topological polar surface area (TPSA) is 56.4 Å². The zero-order chi connectivity index (χ0) is 26.5. The number of aromatic nitrogens is 2. The van der Waals surface area contributed by atoms with Crippen molar-refractivity contribution in [3.05, 3.63) is 94.9 Å². The summed E-state index contributed by atoms with van der Waals surface area (Å²) in [6.07, 6.45) is -9.74. The van der Waals surface area contributed by atoms with E-state index in [1.807, 2.05) is 0 Å². The molecule has 0 aliphatic rings. The van der Waals surface area contributed by atoms with Crippen LogP contribution in [-0.2, 0) is 35.2 Å². The fourth-order valence-electron chi connectivity index (χ4n) is 3.79. The van der Waals surface area contributed by atoms with Gasteiger partial charge in [-0.15, -0.1) is 4.40 Å². The first-order valence-electron chi connectivity index (χ1n) is 10.2. The van der Waals surface area contributed by atoms with Gasteiger partial charge in [0, 0.05) is 12.7 Å². The van der Waals surface area contributed by atoms with Gasteiger partial charge in [0.05, 0.1) is 27.9 Å². The number of fused-ring (bicyclic) bond motifs is 1. The van der Waals surface area contributed by atoms with Gasteiger partial charge < -0.3 is 4.57 Å². The van der Waals surface area contributed by atoms with Crippen molar-refractivity contribution in [2.24, 2.45) is 11.4 Å². The van der Waals surface area contributed by atoms with E-state index >= 15 is 0 Å². The molecule has 0 saturated carbocycles. The average molecular weight is 531 g/mol. The first-order valence-corrected chi connectivity index (χ1v) is 11.8. The first-order chi connectivity index (χ1) is 16.7. The molecule has 36 heavy (non-hydrogen) atoms. The van der Waals surface area contributed by atoms with Gasteiger partial charge in [-0.3, -0.25) is 4.57 Å². The summed E-state index contributed by atoms with van der Waals surface area (Å²) >= 11 is 0. The minimum atomic E-state index is -4.97.